The first-order valence-corrected chi connectivity index (χ1v) is 4.76. The van der Waals surface area contributed by atoms with Gasteiger partial charge in [-0.05, 0) is 13.8 Å². The molecule has 1 unspecified atom stereocenters. The molecule has 1 atom stereocenters. The van der Waals surface area contributed by atoms with Crippen LogP contribution in [0.4, 0.5) is 8.78 Å². The standard InChI is InChI=1S/C9H16F2O4/c1-3-14-9(15-4-2)6(8(10)11)5-7(12)13/h6,8-9H,3-5H2,1-2H3,(H,12,13). The van der Waals surface area contributed by atoms with Gasteiger partial charge in [-0.1, -0.05) is 0 Å². The van der Waals surface area contributed by atoms with Gasteiger partial charge in [0.1, 0.15) is 0 Å². The summed E-state index contributed by atoms with van der Waals surface area (Å²) in [5.41, 5.74) is 0. The van der Waals surface area contributed by atoms with Gasteiger partial charge in [0.25, 0.3) is 0 Å². The Bertz CT molecular complexity index is 181. The zero-order valence-electron chi connectivity index (χ0n) is 8.78. The first kappa shape index (κ1) is 14.2. The molecule has 0 fully saturated rings. The molecule has 0 aromatic carbocycles. The van der Waals surface area contributed by atoms with Crippen molar-refractivity contribution in [3.63, 3.8) is 0 Å². The lowest BCUT2D eigenvalue weighted by molar-refractivity contribution is -0.197. The highest BCUT2D eigenvalue weighted by atomic mass is 19.3. The van der Waals surface area contributed by atoms with Gasteiger partial charge in [0.05, 0.1) is 12.3 Å². The average Bonchev–Trinajstić information content (AvgIpc) is 2.13. The molecule has 0 aliphatic heterocycles. The predicted molar refractivity (Wildman–Crippen MR) is 48.8 cm³/mol. The third kappa shape index (κ3) is 5.64. The molecule has 0 aromatic rings. The normalized spacial score (nSPS) is 13.5. The zero-order chi connectivity index (χ0) is 11.8. The number of ether oxygens (including phenoxy) is 2. The number of aliphatic carboxylic acids is 1. The fourth-order valence-electron chi connectivity index (χ4n) is 1.13. The van der Waals surface area contributed by atoms with E-state index in [0.29, 0.717) is 0 Å². The van der Waals surface area contributed by atoms with E-state index in [0.717, 1.165) is 0 Å². The second-order valence-corrected chi connectivity index (χ2v) is 2.88. The average molecular weight is 226 g/mol. The highest BCUT2D eigenvalue weighted by Crippen LogP contribution is 2.22. The number of alkyl halides is 2. The number of hydrogen-bond donors (Lipinski definition) is 1. The van der Waals surface area contributed by atoms with Gasteiger partial charge >= 0.3 is 5.97 Å². The summed E-state index contributed by atoms with van der Waals surface area (Å²) in [4.78, 5) is 10.4. The quantitative estimate of drug-likeness (QED) is 0.640. The molecule has 0 radical (unpaired) electrons. The lowest BCUT2D eigenvalue weighted by Crippen LogP contribution is -2.34. The molecule has 0 heterocycles. The Hall–Kier alpha value is -0.750. The molecule has 0 bridgehead atoms. The van der Waals surface area contributed by atoms with Crippen LogP contribution in [0.3, 0.4) is 0 Å². The van der Waals surface area contributed by atoms with Crippen LogP contribution in [0.15, 0.2) is 0 Å². The van der Waals surface area contributed by atoms with Gasteiger partial charge in [-0.2, -0.15) is 0 Å². The largest absolute Gasteiger partial charge is 0.481 e. The van der Waals surface area contributed by atoms with Crippen molar-refractivity contribution in [2.24, 2.45) is 5.92 Å². The Balaban J connectivity index is 4.43. The van der Waals surface area contributed by atoms with E-state index in [9.17, 15) is 13.6 Å². The highest BCUT2D eigenvalue weighted by Gasteiger charge is 2.33. The van der Waals surface area contributed by atoms with Crippen molar-refractivity contribution in [3.8, 4) is 0 Å². The van der Waals surface area contributed by atoms with Gasteiger partial charge in [0.2, 0.25) is 6.43 Å². The molecule has 15 heavy (non-hydrogen) atoms. The van der Waals surface area contributed by atoms with Gasteiger partial charge in [0, 0.05) is 13.2 Å². The van der Waals surface area contributed by atoms with Crippen molar-refractivity contribution >= 4 is 5.97 Å². The molecular formula is C9H16F2O4. The minimum absolute atomic E-state index is 0.202. The third-order valence-corrected chi connectivity index (χ3v) is 1.75. The number of carbonyl (C=O) groups is 1. The maximum atomic E-state index is 12.5. The number of halogens is 2. The second kappa shape index (κ2) is 7.53. The smallest absolute Gasteiger partial charge is 0.304 e. The molecule has 0 saturated carbocycles. The van der Waals surface area contributed by atoms with Gasteiger partial charge < -0.3 is 14.6 Å². The summed E-state index contributed by atoms with van der Waals surface area (Å²) in [6.07, 6.45) is -4.59. The van der Waals surface area contributed by atoms with Crippen LogP contribution < -0.4 is 0 Å². The minimum Gasteiger partial charge on any atom is -0.481 e. The van der Waals surface area contributed by atoms with Crippen molar-refractivity contribution in [1.29, 1.82) is 0 Å². The summed E-state index contributed by atoms with van der Waals surface area (Å²) in [6, 6.07) is 0. The minimum atomic E-state index is -2.77. The van der Waals surface area contributed by atoms with Crippen molar-refractivity contribution in [3.05, 3.63) is 0 Å². The van der Waals surface area contributed by atoms with E-state index in [4.69, 9.17) is 14.6 Å². The Labute approximate surface area is 87.2 Å². The van der Waals surface area contributed by atoms with E-state index in [1.165, 1.54) is 0 Å². The zero-order valence-corrected chi connectivity index (χ0v) is 8.78. The number of carboxylic acid groups (broad SMARTS) is 1. The summed E-state index contributed by atoms with van der Waals surface area (Å²) in [5, 5.41) is 8.47. The molecule has 1 N–H and O–H groups in total. The van der Waals surface area contributed by atoms with Gasteiger partial charge in [-0.3, -0.25) is 4.79 Å². The van der Waals surface area contributed by atoms with Crippen LogP contribution in [0.1, 0.15) is 20.3 Å². The van der Waals surface area contributed by atoms with E-state index < -0.39 is 31.0 Å². The Morgan fingerprint density at radius 2 is 1.73 bits per heavy atom. The molecule has 0 aromatic heterocycles. The van der Waals surface area contributed by atoms with Crippen LogP contribution in [-0.4, -0.2) is 37.0 Å². The molecule has 0 aliphatic rings. The van der Waals surface area contributed by atoms with E-state index in [1.54, 1.807) is 13.8 Å². The summed E-state index contributed by atoms with van der Waals surface area (Å²) < 4.78 is 34.9. The molecule has 0 spiro atoms. The maximum absolute atomic E-state index is 12.5. The van der Waals surface area contributed by atoms with Crippen LogP contribution >= 0.6 is 0 Å². The third-order valence-electron chi connectivity index (χ3n) is 1.75. The molecular weight excluding hydrogens is 210 g/mol. The molecule has 6 heteroatoms. The van der Waals surface area contributed by atoms with E-state index in [2.05, 4.69) is 0 Å². The predicted octanol–water partition coefficient (Wildman–Crippen LogP) is 1.74. The SMILES string of the molecule is CCOC(OCC)C(CC(=O)O)C(F)F. The Morgan fingerprint density at radius 3 is 2.00 bits per heavy atom. The Kier molecular flexibility index (Phi) is 7.15. The molecule has 4 nitrogen and oxygen atoms in total. The van der Waals surface area contributed by atoms with Crippen LogP contribution in [0.5, 0.6) is 0 Å². The van der Waals surface area contributed by atoms with Crippen molar-refractivity contribution in [2.45, 2.75) is 33.0 Å². The van der Waals surface area contributed by atoms with Crippen LogP contribution in [-0.2, 0) is 14.3 Å². The van der Waals surface area contributed by atoms with Crippen molar-refractivity contribution < 1.29 is 28.2 Å². The fraction of sp³-hybridized carbons (Fsp3) is 0.889. The van der Waals surface area contributed by atoms with Crippen LogP contribution in [0.2, 0.25) is 0 Å². The van der Waals surface area contributed by atoms with Gasteiger partial charge in [0.15, 0.2) is 6.29 Å². The van der Waals surface area contributed by atoms with Crippen molar-refractivity contribution in [2.75, 3.05) is 13.2 Å². The maximum Gasteiger partial charge on any atom is 0.304 e. The van der Waals surface area contributed by atoms with Gasteiger partial charge in [-0.15, -0.1) is 0 Å². The monoisotopic (exact) mass is 226 g/mol. The summed E-state index contributed by atoms with van der Waals surface area (Å²) >= 11 is 0. The van der Waals surface area contributed by atoms with Crippen LogP contribution in [0.25, 0.3) is 0 Å². The fourth-order valence-corrected chi connectivity index (χ4v) is 1.13. The second-order valence-electron chi connectivity index (χ2n) is 2.88. The summed E-state index contributed by atoms with van der Waals surface area (Å²) in [7, 11) is 0. The number of rotatable bonds is 8. The van der Waals surface area contributed by atoms with E-state index in [-0.39, 0.29) is 13.2 Å². The Morgan fingerprint density at radius 1 is 1.27 bits per heavy atom. The van der Waals surface area contributed by atoms with Crippen molar-refractivity contribution in [1.82, 2.24) is 0 Å². The van der Waals surface area contributed by atoms with E-state index in [1.807, 2.05) is 0 Å². The summed E-state index contributed by atoms with van der Waals surface area (Å²) in [6.45, 7) is 3.67. The lowest BCUT2D eigenvalue weighted by atomic mass is 10.1. The first-order chi connectivity index (χ1) is 7.02. The van der Waals surface area contributed by atoms with Crippen LogP contribution in [0, 0.1) is 5.92 Å². The molecule has 0 rings (SSSR count). The summed E-state index contributed by atoms with van der Waals surface area (Å²) in [5.74, 6) is -2.72. The topological polar surface area (TPSA) is 55.8 Å². The molecule has 0 aliphatic carbocycles. The molecule has 90 valence electrons. The highest BCUT2D eigenvalue weighted by molar-refractivity contribution is 5.67. The molecule has 0 saturated heterocycles. The van der Waals surface area contributed by atoms with E-state index >= 15 is 0 Å². The number of hydrogen-bond acceptors (Lipinski definition) is 3. The molecule has 0 amide bonds. The lowest BCUT2D eigenvalue weighted by Gasteiger charge is -2.24. The van der Waals surface area contributed by atoms with Gasteiger partial charge in [-0.25, -0.2) is 8.78 Å². The first-order valence-electron chi connectivity index (χ1n) is 4.76. The number of carboxylic acids is 1.